The molecule has 0 aliphatic heterocycles. The highest BCUT2D eigenvalue weighted by molar-refractivity contribution is 6.09. The number of amides is 1. The maximum absolute atomic E-state index is 12.2. The molecule has 0 spiro atoms. The van der Waals surface area contributed by atoms with E-state index in [0.29, 0.717) is 0 Å². The molecule has 0 radical (unpaired) electrons. The van der Waals surface area contributed by atoms with Gasteiger partial charge in [-0.2, -0.15) is 5.10 Å². The molecule has 29 heavy (non-hydrogen) atoms. The van der Waals surface area contributed by atoms with E-state index in [1.54, 1.807) is 6.21 Å². The number of para-hydroxylation sites is 1. The Morgan fingerprint density at radius 2 is 1.86 bits per heavy atom. The minimum absolute atomic E-state index is 0.139. The standard InChI is InChI=1S/C22H18N4O3/c1-2-25-20-9-4-3-8-18(20)19-12-15(10-11-21(19)25)14-23-24-22(27)16-6-5-7-17(13-16)26(28)29/h3-14H,2H2,1H3,(H,24,27). The number of non-ortho nitro benzene ring substituents is 1. The number of fused-ring (bicyclic) bond motifs is 3. The van der Waals surface area contributed by atoms with Crippen LogP contribution in [-0.2, 0) is 6.54 Å². The fourth-order valence-corrected chi connectivity index (χ4v) is 3.48. The quantitative estimate of drug-likeness (QED) is 0.311. The first-order valence-corrected chi connectivity index (χ1v) is 9.17. The molecule has 0 bridgehead atoms. The number of carbonyl (C=O) groups excluding carboxylic acids is 1. The van der Waals surface area contributed by atoms with Crippen molar-refractivity contribution < 1.29 is 9.72 Å². The lowest BCUT2D eigenvalue weighted by molar-refractivity contribution is -0.384. The van der Waals surface area contributed by atoms with Crippen molar-refractivity contribution >= 4 is 39.6 Å². The summed E-state index contributed by atoms with van der Waals surface area (Å²) in [5, 5.41) is 17.1. The molecule has 0 aliphatic rings. The van der Waals surface area contributed by atoms with Crippen LogP contribution in [0.25, 0.3) is 21.8 Å². The van der Waals surface area contributed by atoms with E-state index in [1.807, 2.05) is 30.3 Å². The molecule has 0 atom stereocenters. The fraction of sp³-hybridized carbons (Fsp3) is 0.0909. The molecule has 7 heteroatoms. The zero-order chi connectivity index (χ0) is 20.4. The summed E-state index contributed by atoms with van der Waals surface area (Å²) in [6.45, 7) is 2.99. The van der Waals surface area contributed by atoms with E-state index in [1.165, 1.54) is 35.2 Å². The van der Waals surface area contributed by atoms with Gasteiger partial charge in [0.05, 0.1) is 11.1 Å². The lowest BCUT2D eigenvalue weighted by Crippen LogP contribution is -2.17. The third kappa shape index (κ3) is 3.45. The molecule has 144 valence electrons. The number of nitrogens with zero attached hydrogens (tertiary/aromatic N) is 3. The molecule has 1 amide bonds. The number of hydrazone groups is 1. The van der Waals surface area contributed by atoms with Crippen LogP contribution in [-0.4, -0.2) is 21.6 Å². The number of nitro groups is 1. The van der Waals surface area contributed by atoms with Crippen LogP contribution < -0.4 is 5.43 Å². The van der Waals surface area contributed by atoms with Crippen LogP contribution in [0.15, 0.2) is 71.8 Å². The van der Waals surface area contributed by atoms with Gasteiger partial charge in [-0.05, 0) is 36.8 Å². The van der Waals surface area contributed by atoms with E-state index < -0.39 is 10.8 Å². The Balaban J connectivity index is 1.59. The molecule has 4 rings (SSSR count). The number of nitro benzene ring substituents is 1. The summed E-state index contributed by atoms with van der Waals surface area (Å²) < 4.78 is 2.26. The Bertz CT molecular complexity index is 1270. The van der Waals surface area contributed by atoms with Gasteiger partial charge < -0.3 is 4.57 Å². The Labute approximate surface area is 166 Å². The molecular formula is C22H18N4O3. The van der Waals surface area contributed by atoms with Gasteiger partial charge in [0.15, 0.2) is 0 Å². The van der Waals surface area contributed by atoms with Gasteiger partial charge in [0, 0.05) is 46.0 Å². The number of benzene rings is 3. The average molecular weight is 386 g/mol. The van der Waals surface area contributed by atoms with Crippen LogP contribution in [0.1, 0.15) is 22.8 Å². The van der Waals surface area contributed by atoms with Gasteiger partial charge in [-0.3, -0.25) is 14.9 Å². The number of aromatic nitrogens is 1. The van der Waals surface area contributed by atoms with Gasteiger partial charge in [-0.15, -0.1) is 0 Å². The van der Waals surface area contributed by atoms with Crippen molar-refractivity contribution in [1.29, 1.82) is 0 Å². The highest BCUT2D eigenvalue weighted by Crippen LogP contribution is 2.29. The van der Waals surface area contributed by atoms with E-state index in [4.69, 9.17) is 0 Å². The van der Waals surface area contributed by atoms with E-state index >= 15 is 0 Å². The average Bonchev–Trinajstić information content (AvgIpc) is 3.07. The Morgan fingerprint density at radius 1 is 1.07 bits per heavy atom. The number of aryl methyl sites for hydroxylation is 1. The number of hydrogen-bond donors (Lipinski definition) is 1. The summed E-state index contributed by atoms with van der Waals surface area (Å²) in [4.78, 5) is 22.5. The molecule has 0 fully saturated rings. The van der Waals surface area contributed by atoms with E-state index in [0.717, 1.165) is 23.0 Å². The van der Waals surface area contributed by atoms with Gasteiger partial charge >= 0.3 is 0 Å². The van der Waals surface area contributed by atoms with Crippen molar-refractivity contribution in [2.45, 2.75) is 13.5 Å². The smallest absolute Gasteiger partial charge is 0.271 e. The summed E-state index contributed by atoms with van der Waals surface area (Å²) in [5.74, 6) is -0.506. The minimum Gasteiger partial charge on any atom is -0.341 e. The lowest BCUT2D eigenvalue weighted by atomic mass is 10.1. The topological polar surface area (TPSA) is 89.5 Å². The van der Waals surface area contributed by atoms with E-state index in [2.05, 4.69) is 34.2 Å². The molecule has 0 aliphatic carbocycles. The van der Waals surface area contributed by atoms with Crippen LogP contribution in [0.3, 0.4) is 0 Å². The first-order chi connectivity index (χ1) is 14.1. The third-order valence-electron chi connectivity index (χ3n) is 4.81. The Morgan fingerprint density at radius 3 is 2.66 bits per heavy atom. The van der Waals surface area contributed by atoms with Crippen molar-refractivity contribution in [1.82, 2.24) is 9.99 Å². The molecule has 7 nitrogen and oxygen atoms in total. The molecule has 1 N–H and O–H groups in total. The lowest BCUT2D eigenvalue weighted by Gasteiger charge is -2.03. The fourth-order valence-electron chi connectivity index (χ4n) is 3.48. The molecule has 3 aromatic carbocycles. The normalized spacial score (nSPS) is 11.3. The first kappa shape index (κ1) is 18.4. The van der Waals surface area contributed by atoms with Crippen LogP contribution in [0.5, 0.6) is 0 Å². The molecule has 1 aromatic heterocycles. The molecule has 0 unspecified atom stereocenters. The van der Waals surface area contributed by atoms with Crippen LogP contribution in [0.2, 0.25) is 0 Å². The third-order valence-corrected chi connectivity index (χ3v) is 4.81. The summed E-state index contributed by atoms with van der Waals surface area (Å²) in [6, 6.07) is 19.8. The molecule has 1 heterocycles. The van der Waals surface area contributed by atoms with Crippen molar-refractivity contribution in [2.75, 3.05) is 0 Å². The zero-order valence-corrected chi connectivity index (χ0v) is 15.7. The zero-order valence-electron chi connectivity index (χ0n) is 15.7. The van der Waals surface area contributed by atoms with E-state index in [-0.39, 0.29) is 11.3 Å². The summed E-state index contributed by atoms with van der Waals surface area (Å²) >= 11 is 0. The van der Waals surface area contributed by atoms with Crippen LogP contribution >= 0.6 is 0 Å². The van der Waals surface area contributed by atoms with Crippen molar-refractivity contribution in [3.8, 4) is 0 Å². The van der Waals surface area contributed by atoms with Crippen molar-refractivity contribution in [3.05, 3.63) is 88.0 Å². The predicted octanol–water partition coefficient (Wildman–Crippen LogP) is 4.49. The second-order valence-electron chi connectivity index (χ2n) is 6.54. The summed E-state index contributed by atoms with van der Waals surface area (Å²) in [7, 11) is 0. The monoisotopic (exact) mass is 386 g/mol. The van der Waals surface area contributed by atoms with Gasteiger partial charge in [-0.25, -0.2) is 5.43 Å². The summed E-state index contributed by atoms with van der Waals surface area (Å²) in [6.07, 6.45) is 1.56. The highest BCUT2D eigenvalue weighted by atomic mass is 16.6. The molecule has 0 saturated carbocycles. The van der Waals surface area contributed by atoms with Crippen molar-refractivity contribution in [2.24, 2.45) is 5.10 Å². The van der Waals surface area contributed by atoms with Gasteiger partial charge in [-0.1, -0.05) is 30.3 Å². The number of carbonyl (C=O) groups is 1. The maximum Gasteiger partial charge on any atom is 0.271 e. The maximum atomic E-state index is 12.2. The number of hydrogen-bond acceptors (Lipinski definition) is 4. The van der Waals surface area contributed by atoms with E-state index in [9.17, 15) is 14.9 Å². The molecule has 0 saturated heterocycles. The van der Waals surface area contributed by atoms with Gasteiger partial charge in [0.1, 0.15) is 0 Å². The largest absolute Gasteiger partial charge is 0.341 e. The predicted molar refractivity (Wildman–Crippen MR) is 113 cm³/mol. The van der Waals surface area contributed by atoms with Crippen molar-refractivity contribution in [3.63, 3.8) is 0 Å². The number of nitrogens with one attached hydrogen (secondary N) is 1. The van der Waals surface area contributed by atoms with Gasteiger partial charge in [0.2, 0.25) is 0 Å². The first-order valence-electron chi connectivity index (χ1n) is 9.17. The second kappa shape index (κ2) is 7.55. The molecule has 4 aromatic rings. The Hall–Kier alpha value is -4.00. The number of rotatable bonds is 5. The van der Waals surface area contributed by atoms with Gasteiger partial charge in [0.25, 0.3) is 11.6 Å². The Kier molecular flexibility index (Phi) is 4.78. The minimum atomic E-state index is -0.540. The summed E-state index contributed by atoms with van der Waals surface area (Å²) in [5.41, 5.74) is 5.62. The van der Waals surface area contributed by atoms with Crippen LogP contribution in [0, 0.1) is 10.1 Å². The second-order valence-corrected chi connectivity index (χ2v) is 6.54. The molecular weight excluding hydrogens is 368 g/mol. The van der Waals surface area contributed by atoms with Crippen LogP contribution in [0.4, 0.5) is 5.69 Å². The SMILES string of the molecule is CCn1c2ccccc2c2cc(C=NNC(=O)c3cccc([N+](=O)[O-])c3)ccc21. The highest BCUT2D eigenvalue weighted by Gasteiger charge is 2.11.